The average Bonchev–Trinajstić information content (AvgIpc) is 2.21. The summed E-state index contributed by atoms with van der Waals surface area (Å²) in [6.07, 6.45) is 8.58. The number of nitrogens with one attached hydrogen (secondary N) is 1. The quantitative estimate of drug-likeness (QED) is 0.815. The third-order valence-corrected chi connectivity index (χ3v) is 6.56. The molecule has 20 heavy (non-hydrogen) atoms. The molecule has 2 N–H and O–H groups in total. The van der Waals surface area contributed by atoms with Gasteiger partial charge >= 0.3 is 0 Å². The maximum atomic E-state index is 12.9. The standard InChI is InChI=1S/C17H27NO2/c1-15-5-11-6-16(2,8-15)10-17(7-11,9-15)14(20)18-12-3-13(19)4-12/h11-13,19H,3-10H2,1-2H3,(H,18,20). The van der Waals surface area contributed by atoms with E-state index in [4.69, 9.17) is 0 Å². The molecule has 2 unspecified atom stereocenters. The van der Waals surface area contributed by atoms with E-state index in [9.17, 15) is 9.90 Å². The first-order valence-electron chi connectivity index (χ1n) is 8.29. The topological polar surface area (TPSA) is 49.3 Å². The number of amides is 1. The molecule has 5 aliphatic carbocycles. The van der Waals surface area contributed by atoms with E-state index in [1.54, 1.807) is 0 Å². The molecule has 0 aromatic heterocycles. The minimum Gasteiger partial charge on any atom is -0.393 e. The Labute approximate surface area is 121 Å². The van der Waals surface area contributed by atoms with Crippen LogP contribution in [0.15, 0.2) is 0 Å². The molecule has 0 aromatic carbocycles. The van der Waals surface area contributed by atoms with E-state index in [2.05, 4.69) is 19.2 Å². The summed E-state index contributed by atoms with van der Waals surface area (Å²) in [6.45, 7) is 4.82. The fourth-order valence-corrected chi connectivity index (χ4v) is 6.75. The largest absolute Gasteiger partial charge is 0.393 e. The SMILES string of the molecule is CC12CC3CC(C)(C1)CC(C(=O)NC1CC(O)C1)(C3)C2. The van der Waals surface area contributed by atoms with Crippen LogP contribution in [0, 0.1) is 22.2 Å². The molecular formula is C17H27NO2. The summed E-state index contributed by atoms with van der Waals surface area (Å²) in [6, 6.07) is 0.228. The van der Waals surface area contributed by atoms with Crippen molar-refractivity contribution in [3.8, 4) is 0 Å². The highest BCUT2D eigenvalue weighted by Crippen LogP contribution is 2.69. The van der Waals surface area contributed by atoms with Gasteiger partial charge in [0.15, 0.2) is 0 Å². The number of rotatable bonds is 2. The zero-order chi connectivity index (χ0) is 14.2. The van der Waals surface area contributed by atoms with E-state index in [0.29, 0.717) is 16.7 Å². The van der Waals surface area contributed by atoms with Crippen molar-refractivity contribution in [3.63, 3.8) is 0 Å². The van der Waals surface area contributed by atoms with E-state index in [0.717, 1.165) is 38.0 Å². The van der Waals surface area contributed by atoms with Crippen molar-refractivity contribution in [3.05, 3.63) is 0 Å². The zero-order valence-corrected chi connectivity index (χ0v) is 12.7. The Morgan fingerprint density at radius 2 is 1.65 bits per heavy atom. The van der Waals surface area contributed by atoms with E-state index in [-0.39, 0.29) is 17.6 Å². The summed E-state index contributed by atoms with van der Waals surface area (Å²) in [4.78, 5) is 12.9. The van der Waals surface area contributed by atoms with Gasteiger partial charge in [-0.2, -0.15) is 0 Å². The van der Waals surface area contributed by atoms with Crippen LogP contribution in [0.5, 0.6) is 0 Å². The van der Waals surface area contributed by atoms with Gasteiger partial charge in [0.05, 0.1) is 11.5 Å². The molecular weight excluding hydrogens is 250 g/mol. The van der Waals surface area contributed by atoms with Gasteiger partial charge in [-0.3, -0.25) is 4.79 Å². The highest BCUT2D eigenvalue weighted by Gasteiger charge is 2.62. The van der Waals surface area contributed by atoms with Gasteiger partial charge < -0.3 is 10.4 Å². The molecule has 5 rings (SSSR count). The van der Waals surface area contributed by atoms with E-state index >= 15 is 0 Å². The third kappa shape index (κ3) is 1.85. The Kier molecular flexibility index (Phi) is 2.49. The lowest BCUT2D eigenvalue weighted by Gasteiger charge is -2.64. The minimum atomic E-state index is -0.188. The van der Waals surface area contributed by atoms with E-state index in [1.807, 2.05) is 0 Å². The van der Waals surface area contributed by atoms with Crippen molar-refractivity contribution in [2.45, 2.75) is 77.4 Å². The van der Waals surface area contributed by atoms with Crippen LogP contribution in [0.25, 0.3) is 0 Å². The second kappa shape index (κ2) is 3.79. The first-order valence-corrected chi connectivity index (χ1v) is 8.29. The van der Waals surface area contributed by atoms with Crippen molar-refractivity contribution < 1.29 is 9.90 Å². The molecule has 2 atom stereocenters. The third-order valence-electron chi connectivity index (χ3n) is 6.56. The lowest BCUT2D eigenvalue weighted by atomic mass is 9.40. The number of aliphatic hydroxyl groups excluding tert-OH is 1. The second-order valence-electron chi connectivity index (χ2n) is 9.21. The van der Waals surface area contributed by atoms with Crippen LogP contribution in [-0.2, 0) is 4.79 Å². The first kappa shape index (κ1) is 13.1. The molecule has 0 spiro atoms. The summed E-state index contributed by atoms with van der Waals surface area (Å²) >= 11 is 0. The summed E-state index contributed by atoms with van der Waals surface area (Å²) in [7, 11) is 0. The minimum absolute atomic E-state index is 0.0938. The highest BCUT2D eigenvalue weighted by molar-refractivity contribution is 5.83. The van der Waals surface area contributed by atoms with Crippen LogP contribution in [0.3, 0.4) is 0 Å². The molecule has 5 fully saturated rings. The van der Waals surface area contributed by atoms with Crippen LogP contribution in [0.1, 0.15) is 65.2 Å². The fraction of sp³-hybridized carbons (Fsp3) is 0.941. The van der Waals surface area contributed by atoms with Gasteiger partial charge in [0.1, 0.15) is 0 Å². The summed E-state index contributed by atoms with van der Waals surface area (Å²) in [5.74, 6) is 1.06. The van der Waals surface area contributed by atoms with Crippen molar-refractivity contribution in [1.29, 1.82) is 0 Å². The van der Waals surface area contributed by atoms with Gasteiger partial charge in [-0.25, -0.2) is 0 Å². The summed E-state index contributed by atoms with van der Waals surface area (Å²) in [5.41, 5.74) is 0.693. The van der Waals surface area contributed by atoms with Crippen LogP contribution >= 0.6 is 0 Å². The normalized spacial score (nSPS) is 56.5. The van der Waals surface area contributed by atoms with E-state index < -0.39 is 0 Å². The van der Waals surface area contributed by atoms with E-state index in [1.165, 1.54) is 19.3 Å². The molecule has 5 aliphatic rings. The Morgan fingerprint density at radius 1 is 1.05 bits per heavy atom. The summed E-state index contributed by atoms with van der Waals surface area (Å²) in [5, 5.41) is 12.6. The molecule has 0 radical (unpaired) electrons. The lowest BCUT2D eigenvalue weighted by Crippen LogP contribution is -2.61. The van der Waals surface area contributed by atoms with Crippen LogP contribution < -0.4 is 5.32 Å². The Bertz CT molecular complexity index is 436. The molecule has 0 saturated heterocycles. The smallest absolute Gasteiger partial charge is 0.226 e. The van der Waals surface area contributed by atoms with Gasteiger partial charge in [0.25, 0.3) is 0 Å². The molecule has 4 bridgehead atoms. The number of aliphatic hydroxyl groups is 1. The molecule has 0 heterocycles. The molecule has 3 heteroatoms. The number of carbonyl (C=O) groups excluding carboxylic acids is 1. The molecule has 3 nitrogen and oxygen atoms in total. The van der Waals surface area contributed by atoms with Crippen molar-refractivity contribution in [1.82, 2.24) is 5.32 Å². The summed E-state index contributed by atoms with van der Waals surface area (Å²) < 4.78 is 0. The number of hydrogen-bond donors (Lipinski definition) is 2. The Morgan fingerprint density at radius 3 is 2.15 bits per heavy atom. The highest BCUT2D eigenvalue weighted by atomic mass is 16.3. The van der Waals surface area contributed by atoms with Crippen LogP contribution in [-0.4, -0.2) is 23.2 Å². The van der Waals surface area contributed by atoms with Gasteiger partial charge in [0, 0.05) is 6.04 Å². The van der Waals surface area contributed by atoms with Gasteiger partial charge in [-0.15, -0.1) is 0 Å². The zero-order valence-electron chi connectivity index (χ0n) is 12.7. The van der Waals surface area contributed by atoms with Crippen LogP contribution in [0.4, 0.5) is 0 Å². The van der Waals surface area contributed by atoms with Crippen molar-refractivity contribution in [2.24, 2.45) is 22.2 Å². The molecule has 5 saturated carbocycles. The lowest BCUT2D eigenvalue weighted by molar-refractivity contribution is -0.171. The first-order chi connectivity index (χ1) is 9.30. The molecule has 1 amide bonds. The predicted octanol–water partition coefficient (Wildman–Crippen LogP) is 2.62. The average molecular weight is 277 g/mol. The van der Waals surface area contributed by atoms with Crippen LogP contribution in [0.2, 0.25) is 0 Å². The predicted molar refractivity (Wildman–Crippen MR) is 77.0 cm³/mol. The maximum Gasteiger partial charge on any atom is 0.226 e. The molecule has 0 aliphatic heterocycles. The monoisotopic (exact) mass is 277 g/mol. The van der Waals surface area contributed by atoms with Crippen molar-refractivity contribution in [2.75, 3.05) is 0 Å². The number of carbonyl (C=O) groups is 1. The van der Waals surface area contributed by atoms with Gasteiger partial charge in [0.2, 0.25) is 5.91 Å². The Hall–Kier alpha value is -0.570. The molecule has 112 valence electrons. The van der Waals surface area contributed by atoms with Gasteiger partial charge in [-0.1, -0.05) is 13.8 Å². The van der Waals surface area contributed by atoms with Gasteiger partial charge in [-0.05, 0) is 68.1 Å². The van der Waals surface area contributed by atoms with Crippen molar-refractivity contribution >= 4 is 5.91 Å². The fourth-order valence-electron chi connectivity index (χ4n) is 6.75. The molecule has 0 aromatic rings. The number of hydrogen-bond acceptors (Lipinski definition) is 2. The Balaban J connectivity index is 1.56. The maximum absolute atomic E-state index is 12.9. The second-order valence-corrected chi connectivity index (χ2v) is 9.21.